The molecule has 0 bridgehead atoms. The third-order valence-electron chi connectivity index (χ3n) is 3.55. The number of hydrogen-bond donors (Lipinski definition) is 1. The number of aliphatic carboxylic acids is 1. The SMILES string of the molecule is O=C(O)C1(F)C2Cc3ccccc3C21F. The van der Waals surface area contributed by atoms with Gasteiger partial charge in [-0.1, -0.05) is 24.3 Å². The van der Waals surface area contributed by atoms with Gasteiger partial charge in [0.2, 0.25) is 0 Å². The molecule has 3 atom stereocenters. The van der Waals surface area contributed by atoms with Crippen LogP contribution in [0.15, 0.2) is 24.3 Å². The van der Waals surface area contributed by atoms with Crippen LogP contribution in [-0.4, -0.2) is 16.7 Å². The van der Waals surface area contributed by atoms with E-state index in [-0.39, 0.29) is 12.0 Å². The minimum Gasteiger partial charge on any atom is -0.479 e. The van der Waals surface area contributed by atoms with Gasteiger partial charge in [0.05, 0.1) is 5.92 Å². The van der Waals surface area contributed by atoms with Crippen molar-refractivity contribution in [3.05, 3.63) is 35.4 Å². The van der Waals surface area contributed by atoms with Crippen LogP contribution in [0.1, 0.15) is 11.1 Å². The highest BCUT2D eigenvalue weighted by Gasteiger charge is 2.88. The summed E-state index contributed by atoms with van der Waals surface area (Å²) in [7, 11) is 0. The molecule has 0 aromatic heterocycles. The van der Waals surface area contributed by atoms with Crippen molar-refractivity contribution in [3.63, 3.8) is 0 Å². The summed E-state index contributed by atoms with van der Waals surface area (Å²) in [5.41, 5.74) is -4.07. The Hall–Kier alpha value is -1.45. The van der Waals surface area contributed by atoms with Crippen LogP contribution in [0.3, 0.4) is 0 Å². The summed E-state index contributed by atoms with van der Waals surface area (Å²) in [5, 5.41) is 8.69. The second-order valence-electron chi connectivity index (χ2n) is 4.14. The minimum atomic E-state index is -2.71. The van der Waals surface area contributed by atoms with Gasteiger partial charge in [-0.25, -0.2) is 13.6 Å². The normalized spacial score (nSPS) is 40.8. The summed E-state index contributed by atoms with van der Waals surface area (Å²) in [5.74, 6) is -2.73. The topological polar surface area (TPSA) is 37.3 Å². The zero-order valence-corrected chi connectivity index (χ0v) is 7.71. The van der Waals surface area contributed by atoms with Crippen molar-refractivity contribution in [1.29, 1.82) is 0 Å². The number of rotatable bonds is 1. The Morgan fingerprint density at radius 3 is 2.73 bits per heavy atom. The molecular weight excluding hydrogens is 202 g/mol. The average molecular weight is 210 g/mol. The Morgan fingerprint density at radius 2 is 2.07 bits per heavy atom. The Kier molecular flexibility index (Phi) is 1.30. The summed E-state index contributed by atoms with van der Waals surface area (Å²) in [6.07, 6.45) is 0.176. The number of halogens is 2. The summed E-state index contributed by atoms with van der Waals surface area (Å²) < 4.78 is 28.0. The lowest BCUT2D eigenvalue weighted by molar-refractivity contribution is -0.147. The molecule has 0 saturated heterocycles. The number of hydrogen-bond acceptors (Lipinski definition) is 1. The summed E-state index contributed by atoms with van der Waals surface area (Å²) in [6, 6.07) is 6.53. The van der Waals surface area contributed by atoms with Gasteiger partial charge in [-0.3, -0.25) is 0 Å². The van der Waals surface area contributed by atoms with Gasteiger partial charge in [-0.15, -0.1) is 0 Å². The summed E-state index contributed by atoms with van der Waals surface area (Å²) >= 11 is 0. The van der Waals surface area contributed by atoms with Crippen LogP contribution in [0.2, 0.25) is 0 Å². The van der Waals surface area contributed by atoms with E-state index in [0.717, 1.165) is 5.56 Å². The van der Waals surface area contributed by atoms with Gasteiger partial charge in [0.15, 0.2) is 5.67 Å². The molecule has 4 heteroatoms. The van der Waals surface area contributed by atoms with E-state index in [0.29, 0.717) is 0 Å². The Labute approximate surface area is 84.5 Å². The summed E-state index contributed by atoms with van der Waals surface area (Å²) in [6.45, 7) is 0. The fourth-order valence-electron chi connectivity index (χ4n) is 2.72. The van der Waals surface area contributed by atoms with Crippen molar-refractivity contribution in [1.82, 2.24) is 0 Å². The zero-order valence-electron chi connectivity index (χ0n) is 7.71. The van der Waals surface area contributed by atoms with Gasteiger partial charge in [0.25, 0.3) is 5.67 Å². The fraction of sp³-hybridized carbons (Fsp3) is 0.364. The van der Waals surface area contributed by atoms with E-state index < -0.39 is 23.2 Å². The van der Waals surface area contributed by atoms with Crippen LogP contribution in [-0.2, 0) is 16.9 Å². The minimum absolute atomic E-state index is 0.176. The molecule has 1 saturated carbocycles. The maximum Gasteiger partial charge on any atom is 0.345 e. The number of carbonyl (C=O) groups is 1. The third-order valence-corrected chi connectivity index (χ3v) is 3.55. The van der Waals surface area contributed by atoms with Crippen molar-refractivity contribution in [2.24, 2.45) is 5.92 Å². The highest BCUT2D eigenvalue weighted by Crippen LogP contribution is 2.72. The molecular formula is C11H8F2O2. The molecule has 78 valence electrons. The largest absolute Gasteiger partial charge is 0.479 e. The second-order valence-corrected chi connectivity index (χ2v) is 4.14. The molecule has 2 aliphatic rings. The van der Waals surface area contributed by atoms with Crippen LogP contribution in [0.5, 0.6) is 0 Å². The molecule has 1 aromatic rings. The number of alkyl halides is 2. The van der Waals surface area contributed by atoms with Crippen molar-refractivity contribution in [2.45, 2.75) is 17.8 Å². The molecule has 0 radical (unpaired) electrons. The van der Waals surface area contributed by atoms with Crippen LogP contribution in [0.25, 0.3) is 0 Å². The highest BCUT2D eigenvalue weighted by molar-refractivity contribution is 5.87. The van der Waals surface area contributed by atoms with E-state index in [1.54, 1.807) is 18.2 Å². The van der Waals surface area contributed by atoms with Crippen LogP contribution in [0.4, 0.5) is 8.78 Å². The third kappa shape index (κ3) is 0.704. The number of benzene rings is 1. The first-order chi connectivity index (χ1) is 7.03. The maximum absolute atomic E-state index is 14.2. The molecule has 0 heterocycles. The predicted molar refractivity (Wildman–Crippen MR) is 47.9 cm³/mol. The van der Waals surface area contributed by atoms with E-state index in [1.165, 1.54) is 6.07 Å². The fourth-order valence-corrected chi connectivity index (χ4v) is 2.72. The van der Waals surface area contributed by atoms with E-state index >= 15 is 0 Å². The molecule has 3 rings (SSSR count). The number of carboxylic acid groups (broad SMARTS) is 1. The lowest BCUT2D eigenvalue weighted by Gasteiger charge is -2.11. The molecule has 1 aromatic carbocycles. The lowest BCUT2D eigenvalue weighted by Crippen LogP contribution is -2.27. The first-order valence-electron chi connectivity index (χ1n) is 4.72. The average Bonchev–Trinajstić information content (AvgIpc) is 2.55. The van der Waals surface area contributed by atoms with Crippen molar-refractivity contribution >= 4 is 5.97 Å². The molecule has 1 fully saturated rings. The Bertz CT molecular complexity index is 473. The van der Waals surface area contributed by atoms with E-state index in [1.807, 2.05) is 0 Å². The quantitative estimate of drug-likeness (QED) is 0.767. The number of carboxylic acids is 1. The predicted octanol–water partition coefficient (Wildman–Crippen LogP) is 1.83. The smallest absolute Gasteiger partial charge is 0.345 e. The molecule has 15 heavy (non-hydrogen) atoms. The van der Waals surface area contributed by atoms with E-state index in [4.69, 9.17) is 5.11 Å². The van der Waals surface area contributed by atoms with Gasteiger partial charge in [-0.2, -0.15) is 0 Å². The van der Waals surface area contributed by atoms with Gasteiger partial charge in [-0.05, 0) is 17.5 Å². The second kappa shape index (κ2) is 2.21. The van der Waals surface area contributed by atoms with Gasteiger partial charge in [0.1, 0.15) is 0 Å². The molecule has 3 unspecified atom stereocenters. The zero-order chi connectivity index (χ0) is 10.8. The van der Waals surface area contributed by atoms with Crippen LogP contribution < -0.4 is 0 Å². The van der Waals surface area contributed by atoms with Gasteiger partial charge < -0.3 is 5.11 Å². The van der Waals surface area contributed by atoms with E-state index in [2.05, 4.69) is 0 Å². The Balaban J connectivity index is 2.15. The standard InChI is InChI=1S/C11H8F2O2/c12-10-7-4-2-1-3-6(7)5-8(10)11(10,13)9(14)15/h1-4,8H,5H2,(H,14,15). The molecule has 2 aliphatic carbocycles. The lowest BCUT2D eigenvalue weighted by atomic mass is 10.00. The first-order valence-corrected chi connectivity index (χ1v) is 4.72. The molecule has 1 N–H and O–H groups in total. The molecule has 0 amide bonds. The monoisotopic (exact) mass is 210 g/mol. The molecule has 0 aliphatic heterocycles. The van der Waals surface area contributed by atoms with Crippen molar-refractivity contribution in [2.75, 3.05) is 0 Å². The first kappa shape index (κ1) is 8.83. The number of fused-ring (bicyclic) bond motifs is 3. The molecule has 2 nitrogen and oxygen atoms in total. The van der Waals surface area contributed by atoms with Crippen molar-refractivity contribution in [3.8, 4) is 0 Å². The van der Waals surface area contributed by atoms with Gasteiger partial charge >= 0.3 is 5.97 Å². The van der Waals surface area contributed by atoms with Crippen LogP contribution in [0, 0.1) is 5.92 Å². The van der Waals surface area contributed by atoms with Crippen LogP contribution >= 0.6 is 0 Å². The van der Waals surface area contributed by atoms with Gasteiger partial charge in [0, 0.05) is 0 Å². The molecule has 0 spiro atoms. The van der Waals surface area contributed by atoms with Crippen molar-refractivity contribution < 1.29 is 18.7 Å². The highest BCUT2D eigenvalue weighted by atomic mass is 19.2. The summed E-state index contributed by atoms with van der Waals surface area (Å²) in [4.78, 5) is 10.7. The Morgan fingerprint density at radius 1 is 1.40 bits per heavy atom. The van der Waals surface area contributed by atoms with E-state index in [9.17, 15) is 13.6 Å². The maximum atomic E-state index is 14.2.